The summed E-state index contributed by atoms with van der Waals surface area (Å²) in [6.45, 7) is 1.61. The van der Waals surface area contributed by atoms with Crippen LogP contribution in [0.2, 0.25) is 0 Å². The fraction of sp³-hybridized carbons (Fsp3) is 0.385. The molecule has 3 aromatic rings. The number of carbonyl (C=O) groups is 1. The zero-order valence-corrected chi connectivity index (χ0v) is 22.3. The Morgan fingerprint density at radius 3 is 2.82 bits per heavy atom. The number of unbranched alkanes of at least 4 members (excludes halogenated alkanes) is 1. The summed E-state index contributed by atoms with van der Waals surface area (Å²) < 4.78 is 35.8. The highest BCUT2D eigenvalue weighted by Gasteiger charge is 2.36. The van der Waals surface area contributed by atoms with Gasteiger partial charge in [0.15, 0.2) is 5.03 Å². The van der Waals surface area contributed by atoms with Crippen LogP contribution in [0.25, 0.3) is 0 Å². The molecule has 0 fully saturated rings. The second kappa shape index (κ2) is 12.1. The van der Waals surface area contributed by atoms with Gasteiger partial charge >= 0.3 is 6.09 Å². The number of hydrogen-bond donors (Lipinski definition) is 1. The Hall–Kier alpha value is -3.95. The van der Waals surface area contributed by atoms with Crippen molar-refractivity contribution in [2.24, 2.45) is 7.05 Å². The number of nitriles is 1. The van der Waals surface area contributed by atoms with Gasteiger partial charge in [-0.2, -0.15) is 9.57 Å². The van der Waals surface area contributed by atoms with Crippen LogP contribution in [0.4, 0.5) is 10.5 Å². The van der Waals surface area contributed by atoms with Crippen molar-refractivity contribution < 1.29 is 17.9 Å². The van der Waals surface area contributed by atoms with Gasteiger partial charge in [-0.25, -0.2) is 23.2 Å². The third kappa shape index (κ3) is 6.12. The van der Waals surface area contributed by atoms with Gasteiger partial charge in [0.1, 0.15) is 0 Å². The molecule has 3 heterocycles. The first-order valence-electron chi connectivity index (χ1n) is 12.3. The average Bonchev–Trinajstić information content (AvgIpc) is 3.34. The molecule has 11 nitrogen and oxygen atoms in total. The van der Waals surface area contributed by atoms with Crippen molar-refractivity contribution in [3.63, 3.8) is 0 Å². The smallest absolute Gasteiger partial charge is 0.406 e. The Bertz CT molecular complexity index is 1400. The number of nitrogens with zero attached hydrogens (tertiary/aromatic N) is 6. The van der Waals surface area contributed by atoms with Gasteiger partial charge in [-0.3, -0.25) is 0 Å². The van der Waals surface area contributed by atoms with Crippen LogP contribution in [0.15, 0.2) is 60.1 Å². The second-order valence-electron chi connectivity index (χ2n) is 9.10. The summed E-state index contributed by atoms with van der Waals surface area (Å²) >= 11 is 0. The van der Waals surface area contributed by atoms with E-state index in [1.165, 1.54) is 23.7 Å². The molecule has 1 N–H and O–H groups in total. The molecule has 0 radical (unpaired) electrons. The highest BCUT2D eigenvalue weighted by atomic mass is 32.2. The Morgan fingerprint density at radius 2 is 2.13 bits per heavy atom. The second-order valence-corrected chi connectivity index (χ2v) is 10.9. The number of fused-ring (bicyclic) bond motifs is 1. The zero-order chi connectivity index (χ0) is 27.1. The van der Waals surface area contributed by atoms with E-state index in [-0.39, 0.29) is 11.6 Å². The standard InChI is InChI=1S/C26H31N7O4S/c1-31-19-28-16-23(31)18-32-17-22(14-21-13-20(15-27)8-9-24(21)32)33(12-6-5-11-30-26(34)37-2)38(35,36)25-7-3-4-10-29-25/h3-4,7-10,13,16,19,22H,5-6,11-12,14,17-18H2,1-2H3,(H,30,34). The molecule has 1 aliphatic rings. The van der Waals surface area contributed by atoms with Gasteiger partial charge < -0.3 is 19.5 Å². The van der Waals surface area contributed by atoms with Gasteiger partial charge in [-0.05, 0) is 55.2 Å². The highest BCUT2D eigenvalue weighted by Crippen LogP contribution is 2.33. The summed E-state index contributed by atoms with van der Waals surface area (Å²) in [5.41, 5.74) is 3.39. The first-order chi connectivity index (χ1) is 18.3. The average molecular weight is 538 g/mol. The number of alkyl carbamates (subject to hydrolysis) is 1. The van der Waals surface area contributed by atoms with Crippen LogP contribution in [-0.2, 0) is 34.8 Å². The molecule has 0 saturated heterocycles. The summed E-state index contributed by atoms with van der Waals surface area (Å²) in [5.74, 6) is 0. The van der Waals surface area contributed by atoms with E-state index in [0.29, 0.717) is 44.5 Å². The molecule has 1 aliphatic heterocycles. The van der Waals surface area contributed by atoms with Crippen LogP contribution >= 0.6 is 0 Å². The molecule has 4 rings (SSSR count). The number of benzene rings is 1. The van der Waals surface area contributed by atoms with E-state index in [9.17, 15) is 18.5 Å². The molecular weight excluding hydrogens is 506 g/mol. The van der Waals surface area contributed by atoms with E-state index >= 15 is 0 Å². The van der Waals surface area contributed by atoms with E-state index in [1.807, 2.05) is 23.7 Å². The number of sulfonamides is 1. The molecule has 38 heavy (non-hydrogen) atoms. The molecule has 2 aromatic heterocycles. The van der Waals surface area contributed by atoms with Crippen molar-refractivity contribution in [3.8, 4) is 6.07 Å². The lowest BCUT2D eigenvalue weighted by Crippen LogP contribution is -2.51. The van der Waals surface area contributed by atoms with Crippen molar-refractivity contribution in [2.75, 3.05) is 31.6 Å². The zero-order valence-electron chi connectivity index (χ0n) is 21.4. The van der Waals surface area contributed by atoms with E-state index in [0.717, 1.165) is 16.9 Å². The SMILES string of the molecule is COC(=O)NCCCCN(C1Cc2cc(C#N)ccc2N(Cc2cncn2C)C1)S(=O)(=O)c1ccccn1. The van der Waals surface area contributed by atoms with Crippen LogP contribution in [-0.4, -0.2) is 66.1 Å². The van der Waals surface area contributed by atoms with Crippen molar-refractivity contribution in [3.05, 3.63) is 71.9 Å². The van der Waals surface area contributed by atoms with Gasteiger partial charge in [0, 0.05) is 50.8 Å². The van der Waals surface area contributed by atoms with Crippen molar-refractivity contribution in [1.29, 1.82) is 5.26 Å². The quantitative estimate of drug-likeness (QED) is 0.390. The predicted molar refractivity (Wildman–Crippen MR) is 141 cm³/mol. The van der Waals surface area contributed by atoms with Crippen LogP contribution in [0.5, 0.6) is 0 Å². The van der Waals surface area contributed by atoms with Crippen molar-refractivity contribution >= 4 is 21.8 Å². The number of amides is 1. The lowest BCUT2D eigenvalue weighted by molar-refractivity contribution is 0.170. The first-order valence-corrected chi connectivity index (χ1v) is 13.8. The Labute approximate surface area is 222 Å². The summed E-state index contributed by atoms with van der Waals surface area (Å²) in [5, 5.41) is 12.1. The van der Waals surface area contributed by atoms with Crippen LogP contribution < -0.4 is 10.2 Å². The number of pyridine rings is 1. The molecule has 0 spiro atoms. The normalized spacial score (nSPS) is 15.1. The largest absolute Gasteiger partial charge is 0.453 e. The number of aryl methyl sites for hydroxylation is 1. The van der Waals surface area contributed by atoms with Gasteiger partial charge in [0.25, 0.3) is 10.0 Å². The Morgan fingerprint density at radius 1 is 1.29 bits per heavy atom. The molecular formula is C26H31N7O4S. The number of aromatic nitrogens is 3. The van der Waals surface area contributed by atoms with Crippen LogP contribution in [0.1, 0.15) is 29.7 Å². The van der Waals surface area contributed by atoms with Crippen molar-refractivity contribution in [2.45, 2.75) is 36.9 Å². The molecule has 0 saturated carbocycles. The van der Waals surface area contributed by atoms with E-state index in [1.54, 1.807) is 30.7 Å². The number of methoxy groups -OCH3 is 1. The molecule has 0 bridgehead atoms. The van der Waals surface area contributed by atoms with Gasteiger partial charge in [0.05, 0.1) is 37.3 Å². The van der Waals surface area contributed by atoms with Gasteiger partial charge in [0.2, 0.25) is 0 Å². The lowest BCUT2D eigenvalue weighted by atomic mass is 9.95. The van der Waals surface area contributed by atoms with Crippen LogP contribution in [0, 0.1) is 11.3 Å². The number of nitrogens with one attached hydrogen (secondary N) is 1. The first kappa shape index (κ1) is 27.1. The number of anilines is 1. The topological polar surface area (TPSA) is 133 Å². The highest BCUT2D eigenvalue weighted by molar-refractivity contribution is 7.89. The molecule has 12 heteroatoms. The monoisotopic (exact) mass is 537 g/mol. The maximum absolute atomic E-state index is 13.9. The van der Waals surface area contributed by atoms with E-state index in [2.05, 4.69) is 31.0 Å². The number of carbonyl (C=O) groups excluding carboxylic acids is 1. The summed E-state index contributed by atoms with van der Waals surface area (Å²) in [7, 11) is -0.701. The number of rotatable bonds is 10. The van der Waals surface area contributed by atoms with E-state index < -0.39 is 22.2 Å². The number of hydrogen-bond acceptors (Lipinski definition) is 8. The van der Waals surface area contributed by atoms with Gasteiger partial charge in [-0.15, -0.1) is 0 Å². The minimum absolute atomic E-state index is 0.0116. The molecule has 0 aliphatic carbocycles. The summed E-state index contributed by atoms with van der Waals surface area (Å²) in [6, 6.07) is 12.2. The minimum atomic E-state index is -3.92. The minimum Gasteiger partial charge on any atom is -0.453 e. The Balaban J connectivity index is 1.65. The number of ether oxygens (including phenoxy) is 1. The molecule has 1 atom stereocenters. The van der Waals surface area contributed by atoms with Gasteiger partial charge in [-0.1, -0.05) is 6.07 Å². The summed E-state index contributed by atoms with van der Waals surface area (Å²) in [6.07, 6.45) is 6.03. The molecule has 200 valence electrons. The molecule has 1 aromatic carbocycles. The predicted octanol–water partition coefficient (Wildman–Crippen LogP) is 2.45. The fourth-order valence-corrected chi connectivity index (χ4v) is 6.24. The lowest BCUT2D eigenvalue weighted by Gasteiger charge is -2.40. The molecule has 1 unspecified atom stereocenters. The fourth-order valence-electron chi connectivity index (χ4n) is 4.65. The van der Waals surface area contributed by atoms with Crippen LogP contribution in [0.3, 0.4) is 0 Å². The number of imidazole rings is 1. The maximum atomic E-state index is 13.9. The maximum Gasteiger partial charge on any atom is 0.406 e. The molecule has 1 amide bonds. The Kier molecular flexibility index (Phi) is 8.60. The third-order valence-corrected chi connectivity index (χ3v) is 8.45. The van der Waals surface area contributed by atoms with E-state index in [4.69, 9.17) is 0 Å². The summed E-state index contributed by atoms with van der Waals surface area (Å²) in [4.78, 5) is 21.9. The third-order valence-electron chi connectivity index (χ3n) is 6.58. The van der Waals surface area contributed by atoms with Crippen molar-refractivity contribution in [1.82, 2.24) is 24.2 Å².